The van der Waals surface area contributed by atoms with Crippen LogP contribution in [0.2, 0.25) is 13.6 Å². The number of rotatable bonds is 7. The van der Waals surface area contributed by atoms with Crippen LogP contribution < -0.4 is 9.62 Å². The van der Waals surface area contributed by atoms with E-state index in [1.165, 1.54) is 0 Å². The fraction of sp³-hybridized carbons (Fsp3) is 0.440. The minimum absolute atomic E-state index is 0.102. The molecule has 0 aliphatic heterocycles. The summed E-state index contributed by atoms with van der Waals surface area (Å²) in [5.74, 6) is 0. The van der Waals surface area contributed by atoms with Gasteiger partial charge in [-0.25, -0.2) is 0 Å². The van der Waals surface area contributed by atoms with Crippen molar-refractivity contribution in [2.24, 2.45) is 5.41 Å². The van der Waals surface area contributed by atoms with Gasteiger partial charge in [0.15, 0.2) is 0 Å². The molecule has 9 heteroatoms. The normalized spacial score (nSPS) is 10.8. The second-order valence-electron chi connectivity index (χ2n) is 10.2. The molecule has 0 aliphatic rings. The molecule has 2 aromatic rings. The van der Waals surface area contributed by atoms with Crippen molar-refractivity contribution in [2.75, 3.05) is 22.7 Å². The lowest BCUT2D eigenvalue weighted by atomic mass is 9.80. The lowest BCUT2D eigenvalue weighted by Gasteiger charge is -2.32. The monoisotopic (exact) mass is 462 g/mol. The molecule has 180 valence electrons. The van der Waals surface area contributed by atoms with Crippen LogP contribution in [0.4, 0.5) is 11.4 Å². The summed E-state index contributed by atoms with van der Waals surface area (Å²) in [5.41, 5.74) is 2.13. The van der Waals surface area contributed by atoms with Gasteiger partial charge in [0.25, 0.3) is 0 Å². The van der Waals surface area contributed by atoms with Gasteiger partial charge in [0, 0.05) is 24.5 Å². The first kappa shape index (κ1) is 29.1. The van der Waals surface area contributed by atoms with Crippen LogP contribution in [0.3, 0.4) is 0 Å². The third-order valence-electron chi connectivity index (χ3n) is 4.76. The van der Waals surface area contributed by atoms with E-state index < -0.39 is 19.7 Å². The van der Waals surface area contributed by atoms with Crippen molar-refractivity contribution in [3.63, 3.8) is 0 Å². The van der Waals surface area contributed by atoms with Gasteiger partial charge < -0.3 is 24.8 Å². The predicted octanol–water partition coefficient (Wildman–Crippen LogP) is 3.77. The molecular formula is C25H36B2N4O3. The molecule has 0 aliphatic carbocycles. The maximum Gasteiger partial charge on any atom is 0.409 e. The molecule has 0 saturated heterocycles. The minimum atomic E-state index is -0.898. The van der Waals surface area contributed by atoms with E-state index in [9.17, 15) is 15.2 Å². The summed E-state index contributed by atoms with van der Waals surface area (Å²) in [7, 11) is -1.24. The first-order valence-corrected chi connectivity index (χ1v) is 11.3. The second-order valence-corrected chi connectivity index (χ2v) is 10.2. The van der Waals surface area contributed by atoms with E-state index in [2.05, 4.69) is 26.8 Å². The average Bonchev–Trinajstić information content (AvgIpc) is 2.75. The Kier molecular flexibility index (Phi) is 10.7. The van der Waals surface area contributed by atoms with Crippen molar-refractivity contribution >= 4 is 25.5 Å². The molecule has 0 radical (unpaired) electrons. The highest BCUT2D eigenvalue weighted by Crippen LogP contribution is 2.23. The third kappa shape index (κ3) is 10.3. The van der Waals surface area contributed by atoms with Crippen LogP contribution in [-0.4, -0.2) is 47.9 Å². The van der Waals surface area contributed by atoms with Gasteiger partial charge in [-0.05, 0) is 81.4 Å². The molecule has 0 unspecified atom stereocenters. The highest BCUT2D eigenvalue weighted by atomic mass is 16.3. The van der Waals surface area contributed by atoms with Crippen molar-refractivity contribution in [1.82, 2.24) is 0 Å². The number of anilines is 2. The lowest BCUT2D eigenvalue weighted by molar-refractivity contribution is 0.0901. The van der Waals surface area contributed by atoms with E-state index in [-0.39, 0.29) is 5.41 Å². The van der Waals surface area contributed by atoms with E-state index >= 15 is 0 Å². The van der Waals surface area contributed by atoms with Gasteiger partial charge in [-0.15, -0.1) is 0 Å². The van der Waals surface area contributed by atoms with Crippen molar-refractivity contribution in [2.45, 2.75) is 53.9 Å². The average molecular weight is 462 g/mol. The van der Waals surface area contributed by atoms with Crippen LogP contribution in [0.5, 0.6) is 0 Å². The summed E-state index contributed by atoms with van der Waals surface area (Å²) in [5, 5.41) is 46.8. The molecule has 0 bridgehead atoms. The zero-order valence-electron chi connectivity index (χ0n) is 21.3. The van der Waals surface area contributed by atoms with Crippen LogP contribution in [0.1, 0.15) is 45.7 Å². The SMILES string of the molecule is CB(O)N(CC(C)(C)C)c1ccc(C#N)cc1.CB(O)N(CC(C)(C)O)c1ccc(C#N)cc1. The van der Waals surface area contributed by atoms with Crippen molar-refractivity contribution < 1.29 is 15.2 Å². The van der Waals surface area contributed by atoms with Crippen LogP contribution in [0.25, 0.3) is 0 Å². The molecule has 0 atom stereocenters. The number of aliphatic hydroxyl groups is 1. The lowest BCUT2D eigenvalue weighted by Crippen LogP contribution is -2.46. The van der Waals surface area contributed by atoms with Crippen LogP contribution in [0, 0.1) is 28.1 Å². The molecule has 0 saturated carbocycles. The van der Waals surface area contributed by atoms with Gasteiger partial charge in [0.2, 0.25) is 0 Å². The molecule has 2 rings (SSSR count). The Labute approximate surface area is 205 Å². The van der Waals surface area contributed by atoms with Crippen LogP contribution in [-0.2, 0) is 0 Å². The molecular weight excluding hydrogens is 426 g/mol. The topological polar surface area (TPSA) is 115 Å². The smallest absolute Gasteiger partial charge is 0.409 e. The van der Waals surface area contributed by atoms with Crippen molar-refractivity contribution in [1.29, 1.82) is 10.5 Å². The highest BCUT2D eigenvalue weighted by Gasteiger charge is 2.24. The standard InChI is InChI=1S/C13H19BN2O.C12H17BN2O2/c1-13(2,3)10-16(14(4)17)12-7-5-11(9-15)6-8-12;1-12(2,16)9-15(13(3)17)11-6-4-10(8-14)5-7-11/h5-8,17H,10H2,1-4H3;4-7,16-17H,9H2,1-3H3. The maximum atomic E-state index is 9.82. The van der Waals surface area contributed by atoms with E-state index in [4.69, 9.17) is 10.5 Å². The fourth-order valence-corrected chi connectivity index (χ4v) is 3.26. The molecule has 2 aromatic carbocycles. The predicted molar refractivity (Wildman–Crippen MR) is 140 cm³/mol. The summed E-state index contributed by atoms with van der Waals surface area (Å²) in [4.78, 5) is 3.61. The van der Waals surface area contributed by atoms with Gasteiger partial charge in [-0.1, -0.05) is 20.8 Å². The Bertz CT molecular complexity index is 887. The van der Waals surface area contributed by atoms with E-state index in [0.29, 0.717) is 17.7 Å². The molecule has 0 amide bonds. The van der Waals surface area contributed by atoms with E-state index in [1.807, 2.05) is 23.0 Å². The second kappa shape index (κ2) is 12.5. The van der Waals surface area contributed by atoms with Gasteiger partial charge in [-0.3, -0.25) is 0 Å². The minimum Gasteiger partial charge on any atom is -0.432 e. The third-order valence-corrected chi connectivity index (χ3v) is 4.76. The Hall–Kier alpha value is -2.97. The van der Waals surface area contributed by atoms with Crippen molar-refractivity contribution in [3.05, 3.63) is 59.7 Å². The van der Waals surface area contributed by atoms with Gasteiger partial charge in [0.05, 0.1) is 28.9 Å². The Morgan fingerprint density at radius 2 is 1.03 bits per heavy atom. The fourth-order valence-electron chi connectivity index (χ4n) is 3.26. The summed E-state index contributed by atoms with van der Waals surface area (Å²) in [6.45, 7) is 14.2. The van der Waals surface area contributed by atoms with Crippen LogP contribution in [0.15, 0.2) is 48.5 Å². The molecule has 34 heavy (non-hydrogen) atoms. The largest absolute Gasteiger partial charge is 0.432 e. The molecule has 7 nitrogen and oxygen atoms in total. The summed E-state index contributed by atoms with van der Waals surface area (Å²) in [6, 6.07) is 18.3. The zero-order chi connectivity index (χ0) is 26.1. The molecule has 0 spiro atoms. The van der Waals surface area contributed by atoms with Crippen LogP contribution >= 0.6 is 0 Å². The number of hydrogen-bond acceptors (Lipinski definition) is 7. The Morgan fingerprint density at radius 3 is 1.26 bits per heavy atom. The first-order chi connectivity index (χ1) is 15.7. The quantitative estimate of drug-likeness (QED) is 0.537. The number of hydrogen-bond donors (Lipinski definition) is 3. The van der Waals surface area contributed by atoms with Crippen molar-refractivity contribution in [3.8, 4) is 12.1 Å². The van der Waals surface area contributed by atoms with E-state index in [0.717, 1.165) is 17.9 Å². The van der Waals surface area contributed by atoms with Gasteiger partial charge in [-0.2, -0.15) is 10.5 Å². The van der Waals surface area contributed by atoms with Gasteiger partial charge >= 0.3 is 14.1 Å². The molecule has 0 heterocycles. The highest BCUT2D eigenvalue weighted by molar-refractivity contribution is 6.54. The first-order valence-electron chi connectivity index (χ1n) is 11.3. The summed E-state index contributed by atoms with van der Waals surface area (Å²) < 4.78 is 0. The molecule has 0 aromatic heterocycles. The van der Waals surface area contributed by atoms with Gasteiger partial charge in [0.1, 0.15) is 0 Å². The zero-order valence-corrected chi connectivity index (χ0v) is 21.3. The Balaban J connectivity index is 0.000000340. The maximum absolute atomic E-state index is 9.82. The summed E-state index contributed by atoms with van der Waals surface area (Å²) >= 11 is 0. The van der Waals surface area contributed by atoms with E-state index in [1.54, 1.807) is 68.7 Å². The summed E-state index contributed by atoms with van der Waals surface area (Å²) in [6.07, 6.45) is 0. The molecule has 3 N–H and O–H groups in total. The number of nitrogens with zero attached hydrogens (tertiary/aromatic N) is 4. The number of benzene rings is 2. The molecule has 0 fully saturated rings. The number of nitriles is 2. The Morgan fingerprint density at radius 1 is 0.706 bits per heavy atom.